The van der Waals surface area contributed by atoms with Gasteiger partial charge < -0.3 is 29.9 Å². The minimum atomic E-state index is -4.41. The van der Waals surface area contributed by atoms with E-state index in [2.05, 4.69) is 22.2 Å². The highest BCUT2D eigenvalue weighted by Crippen LogP contribution is 2.45. The fraction of sp³-hybridized carbons (Fsp3) is 0.526. The third-order valence-corrected chi connectivity index (χ3v) is 11.0. The van der Waals surface area contributed by atoms with E-state index >= 15 is 0 Å². The van der Waals surface area contributed by atoms with Gasteiger partial charge in [0.1, 0.15) is 29.3 Å². The maximum absolute atomic E-state index is 14.4. The van der Waals surface area contributed by atoms with E-state index in [0.29, 0.717) is 25.1 Å². The number of fused-ring (bicyclic) bond motifs is 1. The number of aryl methyl sites for hydroxylation is 1. The molecule has 16 heteroatoms. The first kappa shape index (κ1) is 40.2. The fourth-order valence-corrected chi connectivity index (χ4v) is 7.67. The molecule has 15 nitrogen and oxygen atoms in total. The number of alkyl carbamates (subject to hydrolysis) is 1. The Kier molecular flexibility index (Phi) is 11.2. The van der Waals surface area contributed by atoms with Gasteiger partial charge in [-0.05, 0) is 68.7 Å². The topological polar surface area (TPSA) is 193 Å². The van der Waals surface area contributed by atoms with E-state index in [-0.39, 0.29) is 24.4 Å². The molecule has 1 aliphatic carbocycles. The Bertz CT molecular complexity index is 1920. The van der Waals surface area contributed by atoms with Gasteiger partial charge in [0.05, 0.1) is 6.54 Å². The van der Waals surface area contributed by atoms with Gasteiger partial charge in [-0.1, -0.05) is 57.2 Å². The average molecular weight is 767 g/mol. The van der Waals surface area contributed by atoms with E-state index in [1.807, 2.05) is 29.0 Å². The van der Waals surface area contributed by atoms with E-state index < -0.39 is 80.6 Å². The highest BCUT2D eigenvalue weighted by molar-refractivity contribution is 7.90. The predicted molar refractivity (Wildman–Crippen MR) is 197 cm³/mol. The van der Waals surface area contributed by atoms with Crippen LogP contribution in [0.15, 0.2) is 60.3 Å². The van der Waals surface area contributed by atoms with Crippen LogP contribution in [-0.4, -0.2) is 95.5 Å². The van der Waals surface area contributed by atoms with Crippen molar-refractivity contribution in [2.45, 2.75) is 109 Å². The summed E-state index contributed by atoms with van der Waals surface area (Å²) >= 11 is 0. The van der Waals surface area contributed by atoms with Crippen LogP contribution in [0.4, 0.5) is 9.59 Å². The number of benzene rings is 1. The van der Waals surface area contributed by atoms with Crippen molar-refractivity contribution in [1.29, 1.82) is 0 Å². The first-order chi connectivity index (χ1) is 25.1. The zero-order valence-corrected chi connectivity index (χ0v) is 32.6. The number of aromatic nitrogens is 1. The molecule has 292 valence electrons. The number of nitrogens with one attached hydrogen (secondary N) is 3. The van der Waals surface area contributed by atoms with Crippen molar-refractivity contribution >= 4 is 39.9 Å². The molecule has 1 saturated carbocycles. The molecular weight excluding hydrogens is 717 g/mol. The van der Waals surface area contributed by atoms with Crippen molar-refractivity contribution in [3.8, 4) is 0 Å². The zero-order valence-electron chi connectivity index (χ0n) is 31.8. The number of ether oxygens (including phenoxy) is 2. The van der Waals surface area contributed by atoms with Gasteiger partial charge in [-0.25, -0.2) is 19.3 Å². The molecule has 2 fully saturated rings. The number of sulfonamides is 1. The van der Waals surface area contributed by atoms with Crippen molar-refractivity contribution in [3.63, 3.8) is 0 Å². The summed E-state index contributed by atoms with van der Waals surface area (Å²) in [4.78, 5) is 75.5. The van der Waals surface area contributed by atoms with Gasteiger partial charge in [-0.15, -0.1) is 6.58 Å². The number of pyridine rings is 1. The number of hydrogen-bond acceptors (Lipinski definition) is 10. The van der Waals surface area contributed by atoms with Crippen molar-refractivity contribution < 1.29 is 41.9 Å². The molecule has 2 aromatic rings. The largest absolute Gasteiger partial charge is 0.444 e. The standard InChI is InChI=1S/C38H50N6O9S/c1-9-26-19-38(26,33(47)42-54(50,51)29-15-14-23(2)20-39-29)41-31(45)28-18-27(52-35(49)43-17-16-24-12-10-11-13-25(24)21-43)22-44(28)32(46)30(36(3,4)5)40-34(48)53-37(6,7)8/h9-15,20,26-28,30H,1,16-19,21-22H2,2-8H3,(H,40,48)(H,41,45)(H,42,47)/t26?,27-,28+,30-,38-/m1/s1. The number of amides is 5. The lowest BCUT2D eigenvalue weighted by Gasteiger charge is -2.36. The lowest BCUT2D eigenvalue weighted by molar-refractivity contribution is -0.143. The first-order valence-electron chi connectivity index (χ1n) is 17.9. The third-order valence-electron chi connectivity index (χ3n) is 9.72. The first-order valence-corrected chi connectivity index (χ1v) is 19.4. The van der Waals surface area contributed by atoms with E-state index in [1.165, 1.54) is 29.3 Å². The maximum atomic E-state index is 14.4. The van der Waals surface area contributed by atoms with Crippen LogP contribution >= 0.6 is 0 Å². The second kappa shape index (κ2) is 15.0. The number of carbonyl (C=O) groups is 5. The number of carbonyl (C=O) groups excluding carboxylic acids is 5. The Labute approximate surface area is 316 Å². The van der Waals surface area contributed by atoms with Crippen molar-refractivity contribution in [2.75, 3.05) is 13.1 Å². The van der Waals surface area contributed by atoms with Crippen LogP contribution in [0, 0.1) is 18.3 Å². The fourth-order valence-electron chi connectivity index (χ4n) is 6.70. The Hall–Kier alpha value is -4.99. The maximum Gasteiger partial charge on any atom is 0.410 e. The Morgan fingerprint density at radius 2 is 1.72 bits per heavy atom. The van der Waals surface area contributed by atoms with Crippen LogP contribution in [0.3, 0.4) is 0 Å². The van der Waals surface area contributed by atoms with E-state index in [9.17, 15) is 32.4 Å². The zero-order chi connectivity index (χ0) is 39.8. The minimum Gasteiger partial charge on any atom is -0.444 e. The monoisotopic (exact) mass is 766 g/mol. The molecule has 5 atom stereocenters. The average Bonchev–Trinajstić information content (AvgIpc) is 3.64. The van der Waals surface area contributed by atoms with E-state index in [1.54, 1.807) is 53.4 Å². The molecule has 3 aliphatic rings. The molecular formula is C38H50N6O9S. The number of hydrogen-bond donors (Lipinski definition) is 3. The molecule has 5 amide bonds. The quantitative estimate of drug-likeness (QED) is 0.319. The van der Waals surface area contributed by atoms with E-state index in [0.717, 1.165) is 11.1 Å². The Balaban J connectivity index is 1.39. The van der Waals surface area contributed by atoms with Crippen molar-refractivity contribution in [2.24, 2.45) is 11.3 Å². The number of likely N-dealkylation sites (tertiary alicyclic amines) is 1. The molecule has 0 radical (unpaired) electrons. The van der Waals surface area contributed by atoms with Crippen LogP contribution in [0.2, 0.25) is 0 Å². The summed E-state index contributed by atoms with van der Waals surface area (Å²) < 4.78 is 39.6. The van der Waals surface area contributed by atoms with Gasteiger partial charge in [-0.3, -0.25) is 14.4 Å². The third kappa shape index (κ3) is 9.02. The van der Waals surface area contributed by atoms with Gasteiger partial charge in [0, 0.05) is 31.6 Å². The highest BCUT2D eigenvalue weighted by atomic mass is 32.2. The molecule has 1 aromatic carbocycles. The summed E-state index contributed by atoms with van der Waals surface area (Å²) in [6.45, 7) is 16.3. The van der Waals surface area contributed by atoms with Gasteiger partial charge >= 0.3 is 12.2 Å². The summed E-state index contributed by atoms with van der Waals surface area (Å²) in [6, 6.07) is 8.14. The van der Waals surface area contributed by atoms with Gasteiger partial charge in [-0.2, -0.15) is 8.42 Å². The highest BCUT2D eigenvalue weighted by Gasteiger charge is 2.61. The lowest BCUT2D eigenvalue weighted by atomic mass is 9.85. The summed E-state index contributed by atoms with van der Waals surface area (Å²) in [5.41, 5.74) is -0.570. The SMILES string of the molecule is C=CC1C[C@]1(NC(=O)[C@@H]1C[C@@H](OC(=O)N2CCc3ccccc3C2)CN1C(=O)[C@@H](NC(=O)OC(C)(C)C)C(C)(C)C)C(=O)NS(=O)(=O)c1ccc(C)cn1. The van der Waals surface area contributed by atoms with Crippen LogP contribution in [0.25, 0.3) is 0 Å². The second-order valence-corrected chi connectivity index (χ2v) is 17.9. The smallest absolute Gasteiger partial charge is 0.410 e. The lowest BCUT2D eigenvalue weighted by Crippen LogP contribution is -2.60. The minimum absolute atomic E-state index is 0.0469. The normalized spacial score (nSPS) is 23.0. The van der Waals surface area contributed by atoms with Gasteiger partial charge in [0.25, 0.3) is 15.9 Å². The Morgan fingerprint density at radius 3 is 2.31 bits per heavy atom. The molecule has 54 heavy (non-hydrogen) atoms. The molecule has 3 heterocycles. The number of nitrogens with zero attached hydrogens (tertiary/aromatic N) is 3. The second-order valence-electron chi connectivity index (χ2n) is 16.2. The van der Waals surface area contributed by atoms with Gasteiger partial charge in [0.2, 0.25) is 11.8 Å². The summed E-state index contributed by atoms with van der Waals surface area (Å²) in [6.07, 6.45) is 0.975. The molecule has 1 saturated heterocycles. The Morgan fingerprint density at radius 1 is 1.04 bits per heavy atom. The molecule has 2 aliphatic heterocycles. The molecule has 0 spiro atoms. The van der Waals surface area contributed by atoms with Crippen molar-refractivity contribution in [3.05, 3.63) is 71.9 Å². The number of rotatable bonds is 9. The summed E-state index contributed by atoms with van der Waals surface area (Å²) in [5, 5.41) is 4.99. The molecule has 0 bridgehead atoms. The molecule has 1 aromatic heterocycles. The van der Waals surface area contributed by atoms with Crippen molar-refractivity contribution in [1.82, 2.24) is 30.1 Å². The molecule has 3 N–H and O–H groups in total. The van der Waals surface area contributed by atoms with Crippen LogP contribution in [-0.2, 0) is 46.8 Å². The van der Waals surface area contributed by atoms with Crippen LogP contribution < -0.4 is 15.4 Å². The summed E-state index contributed by atoms with van der Waals surface area (Å²) in [5.74, 6) is -3.03. The molecule has 5 rings (SSSR count). The van der Waals surface area contributed by atoms with Crippen LogP contribution in [0.5, 0.6) is 0 Å². The van der Waals surface area contributed by atoms with Crippen LogP contribution in [0.1, 0.15) is 71.1 Å². The predicted octanol–water partition coefficient (Wildman–Crippen LogP) is 3.36. The summed E-state index contributed by atoms with van der Waals surface area (Å²) in [7, 11) is -4.41. The van der Waals surface area contributed by atoms with E-state index in [4.69, 9.17) is 9.47 Å². The molecule has 1 unspecified atom stereocenters. The van der Waals surface area contributed by atoms with Gasteiger partial charge in [0.15, 0.2) is 5.03 Å².